The van der Waals surface area contributed by atoms with Crippen LogP contribution < -0.4 is 20.7 Å². The average Bonchev–Trinajstić information content (AvgIpc) is 2.62. The standard InChI is InChI=1S/C17H16N4O3/c1-19-16(22)11-20-17(23)21-13-4-8-15(9-5-13)24-14-6-2-12(10-18)3-7-14/h2-9H,11H2,1H3,(H,19,22)(H2,20,21,23). The van der Waals surface area contributed by atoms with Crippen LogP contribution in [0.1, 0.15) is 5.56 Å². The van der Waals surface area contributed by atoms with Crippen molar-refractivity contribution in [3.8, 4) is 17.6 Å². The molecule has 0 unspecified atom stereocenters. The molecule has 0 aliphatic heterocycles. The molecule has 7 heteroatoms. The minimum atomic E-state index is -0.473. The summed E-state index contributed by atoms with van der Waals surface area (Å²) in [5.74, 6) is 0.922. The van der Waals surface area contributed by atoms with Crippen molar-refractivity contribution < 1.29 is 14.3 Å². The molecule has 2 aromatic rings. The highest BCUT2D eigenvalue weighted by atomic mass is 16.5. The van der Waals surface area contributed by atoms with E-state index in [-0.39, 0.29) is 12.5 Å². The number of nitrogens with one attached hydrogen (secondary N) is 3. The van der Waals surface area contributed by atoms with E-state index in [2.05, 4.69) is 16.0 Å². The number of benzene rings is 2. The van der Waals surface area contributed by atoms with Crippen LogP contribution in [0.4, 0.5) is 10.5 Å². The Morgan fingerprint density at radius 1 is 1.04 bits per heavy atom. The number of carbonyl (C=O) groups is 2. The van der Waals surface area contributed by atoms with Gasteiger partial charge in [0, 0.05) is 12.7 Å². The first-order valence-electron chi connectivity index (χ1n) is 7.14. The first-order chi connectivity index (χ1) is 11.6. The van der Waals surface area contributed by atoms with Gasteiger partial charge >= 0.3 is 6.03 Å². The molecule has 0 heterocycles. The lowest BCUT2D eigenvalue weighted by Gasteiger charge is -2.09. The Morgan fingerprint density at radius 3 is 2.17 bits per heavy atom. The van der Waals surface area contributed by atoms with Crippen molar-refractivity contribution >= 4 is 17.6 Å². The van der Waals surface area contributed by atoms with E-state index in [0.717, 1.165) is 0 Å². The SMILES string of the molecule is CNC(=O)CNC(=O)Nc1ccc(Oc2ccc(C#N)cc2)cc1. The van der Waals surface area contributed by atoms with Crippen LogP contribution >= 0.6 is 0 Å². The third-order valence-electron chi connectivity index (χ3n) is 3.02. The van der Waals surface area contributed by atoms with Gasteiger partial charge in [-0.05, 0) is 48.5 Å². The summed E-state index contributed by atoms with van der Waals surface area (Å²) in [4.78, 5) is 22.6. The Balaban J connectivity index is 1.89. The molecule has 2 rings (SSSR count). The molecule has 0 atom stereocenters. The molecule has 0 radical (unpaired) electrons. The van der Waals surface area contributed by atoms with E-state index in [0.29, 0.717) is 22.7 Å². The van der Waals surface area contributed by atoms with Gasteiger partial charge in [0.25, 0.3) is 0 Å². The molecule has 0 saturated carbocycles. The van der Waals surface area contributed by atoms with Crippen molar-refractivity contribution in [3.05, 3.63) is 54.1 Å². The number of anilines is 1. The molecule has 3 N–H and O–H groups in total. The molecule has 0 spiro atoms. The van der Waals surface area contributed by atoms with E-state index >= 15 is 0 Å². The number of hydrogen-bond acceptors (Lipinski definition) is 4. The zero-order chi connectivity index (χ0) is 17.4. The minimum Gasteiger partial charge on any atom is -0.457 e. The zero-order valence-electron chi connectivity index (χ0n) is 13.0. The quantitative estimate of drug-likeness (QED) is 0.784. The number of carbonyl (C=O) groups excluding carboxylic acids is 2. The largest absolute Gasteiger partial charge is 0.457 e. The van der Waals surface area contributed by atoms with Crippen molar-refractivity contribution in [1.82, 2.24) is 10.6 Å². The number of likely N-dealkylation sites (N-methyl/N-ethyl adjacent to an activating group) is 1. The van der Waals surface area contributed by atoms with E-state index in [1.807, 2.05) is 6.07 Å². The highest BCUT2D eigenvalue weighted by molar-refractivity contribution is 5.92. The van der Waals surface area contributed by atoms with Crippen LogP contribution in [0.2, 0.25) is 0 Å². The van der Waals surface area contributed by atoms with Gasteiger partial charge in [-0.3, -0.25) is 4.79 Å². The van der Waals surface area contributed by atoms with Crippen LogP contribution in [0.25, 0.3) is 0 Å². The molecular formula is C17H16N4O3. The Kier molecular flexibility index (Phi) is 5.75. The van der Waals surface area contributed by atoms with Crippen LogP contribution in [-0.2, 0) is 4.79 Å². The van der Waals surface area contributed by atoms with E-state index in [4.69, 9.17) is 10.00 Å². The van der Waals surface area contributed by atoms with E-state index in [9.17, 15) is 9.59 Å². The molecule has 0 saturated heterocycles. The maximum Gasteiger partial charge on any atom is 0.319 e. The predicted molar refractivity (Wildman–Crippen MR) is 88.8 cm³/mol. The molecule has 0 aliphatic carbocycles. The Morgan fingerprint density at radius 2 is 1.62 bits per heavy atom. The summed E-state index contributed by atoms with van der Waals surface area (Å²) in [5.41, 5.74) is 1.13. The van der Waals surface area contributed by atoms with Crippen LogP contribution in [-0.4, -0.2) is 25.5 Å². The molecule has 2 aromatic carbocycles. The molecule has 3 amide bonds. The van der Waals surface area contributed by atoms with Gasteiger partial charge in [-0.1, -0.05) is 0 Å². The fourth-order valence-corrected chi connectivity index (χ4v) is 1.76. The van der Waals surface area contributed by atoms with Gasteiger partial charge in [-0.2, -0.15) is 5.26 Å². The number of urea groups is 1. The maximum absolute atomic E-state index is 11.6. The lowest BCUT2D eigenvalue weighted by Crippen LogP contribution is -2.37. The van der Waals surface area contributed by atoms with Gasteiger partial charge in [0.2, 0.25) is 5.91 Å². The summed E-state index contributed by atoms with van der Waals surface area (Å²) in [6.45, 7) is -0.0950. The highest BCUT2D eigenvalue weighted by Crippen LogP contribution is 2.23. The molecule has 0 aliphatic rings. The van der Waals surface area contributed by atoms with Gasteiger partial charge in [-0.25, -0.2) is 4.79 Å². The smallest absolute Gasteiger partial charge is 0.319 e. The highest BCUT2D eigenvalue weighted by Gasteiger charge is 2.04. The van der Waals surface area contributed by atoms with Crippen LogP contribution in [0.15, 0.2) is 48.5 Å². The maximum atomic E-state index is 11.6. The molecule has 0 fully saturated rings. The van der Waals surface area contributed by atoms with Crippen LogP contribution in [0, 0.1) is 11.3 Å². The van der Waals surface area contributed by atoms with Gasteiger partial charge in [0.1, 0.15) is 11.5 Å². The van der Waals surface area contributed by atoms with E-state index < -0.39 is 6.03 Å². The number of amides is 3. The summed E-state index contributed by atoms with van der Waals surface area (Å²) in [6, 6.07) is 15.1. The lowest BCUT2D eigenvalue weighted by molar-refractivity contribution is -0.119. The number of hydrogen-bond donors (Lipinski definition) is 3. The number of rotatable bonds is 5. The van der Waals surface area contributed by atoms with Gasteiger partial charge in [0.05, 0.1) is 18.2 Å². The van der Waals surface area contributed by atoms with E-state index in [1.165, 1.54) is 7.05 Å². The van der Waals surface area contributed by atoms with Crippen LogP contribution in [0.5, 0.6) is 11.5 Å². The second kappa shape index (κ2) is 8.19. The fraction of sp³-hybridized carbons (Fsp3) is 0.118. The summed E-state index contributed by atoms with van der Waals surface area (Å²) in [7, 11) is 1.49. The predicted octanol–water partition coefficient (Wildman–Crippen LogP) is 2.22. The molecule has 122 valence electrons. The zero-order valence-corrected chi connectivity index (χ0v) is 13.0. The van der Waals surface area contributed by atoms with Gasteiger partial charge in [0.15, 0.2) is 0 Å². The Bertz CT molecular complexity index is 749. The third-order valence-corrected chi connectivity index (χ3v) is 3.02. The fourth-order valence-electron chi connectivity index (χ4n) is 1.76. The summed E-state index contributed by atoms with van der Waals surface area (Å²) in [5, 5.41) is 16.2. The third kappa shape index (κ3) is 5.03. The topological polar surface area (TPSA) is 103 Å². The molecule has 0 bridgehead atoms. The van der Waals surface area contributed by atoms with Gasteiger partial charge < -0.3 is 20.7 Å². The second-order valence-corrected chi connectivity index (χ2v) is 4.74. The van der Waals surface area contributed by atoms with Crippen molar-refractivity contribution in [1.29, 1.82) is 5.26 Å². The molecule has 24 heavy (non-hydrogen) atoms. The van der Waals surface area contributed by atoms with Gasteiger partial charge in [-0.15, -0.1) is 0 Å². The van der Waals surface area contributed by atoms with Crippen molar-refractivity contribution in [2.24, 2.45) is 0 Å². The van der Waals surface area contributed by atoms with Crippen molar-refractivity contribution in [2.75, 3.05) is 18.9 Å². The van der Waals surface area contributed by atoms with Crippen molar-refractivity contribution in [2.45, 2.75) is 0 Å². The van der Waals surface area contributed by atoms with E-state index in [1.54, 1.807) is 48.5 Å². The normalized spacial score (nSPS) is 9.50. The first kappa shape index (κ1) is 16.8. The Labute approximate surface area is 139 Å². The van der Waals surface area contributed by atoms with Crippen LogP contribution in [0.3, 0.4) is 0 Å². The van der Waals surface area contributed by atoms with Crippen molar-refractivity contribution in [3.63, 3.8) is 0 Å². The minimum absolute atomic E-state index is 0.0950. The molecular weight excluding hydrogens is 308 g/mol. The average molecular weight is 324 g/mol. The number of nitriles is 1. The Hall–Kier alpha value is -3.53. The molecule has 0 aromatic heterocycles. The second-order valence-electron chi connectivity index (χ2n) is 4.74. The molecule has 7 nitrogen and oxygen atoms in total. The summed E-state index contributed by atoms with van der Waals surface area (Å²) >= 11 is 0. The summed E-state index contributed by atoms with van der Waals surface area (Å²) in [6.07, 6.45) is 0. The summed E-state index contributed by atoms with van der Waals surface area (Å²) < 4.78 is 5.64. The number of nitrogens with zero attached hydrogens (tertiary/aromatic N) is 1. The number of ether oxygens (including phenoxy) is 1. The lowest BCUT2D eigenvalue weighted by atomic mass is 10.2. The first-order valence-corrected chi connectivity index (χ1v) is 7.14. The monoisotopic (exact) mass is 324 g/mol.